The Morgan fingerprint density at radius 3 is 2.42 bits per heavy atom. The molecule has 3 rings (SSSR count). The van der Waals surface area contributed by atoms with E-state index in [2.05, 4.69) is 20.2 Å². The van der Waals surface area contributed by atoms with Crippen LogP contribution in [0.25, 0.3) is 22.9 Å². The third kappa shape index (κ3) is 5.20. The Morgan fingerprint density at radius 2 is 1.87 bits per heavy atom. The van der Waals surface area contributed by atoms with Crippen LogP contribution in [0, 0.1) is 5.82 Å². The van der Waals surface area contributed by atoms with Crippen LogP contribution in [-0.2, 0) is 6.54 Å². The van der Waals surface area contributed by atoms with Crippen molar-refractivity contribution in [2.24, 2.45) is 0 Å². The monoisotopic (exact) mass is 440 g/mol. The van der Waals surface area contributed by atoms with E-state index in [1.54, 1.807) is 0 Å². The Bertz CT molecular complexity index is 1020. The zero-order valence-electron chi connectivity index (χ0n) is 17.9. The summed E-state index contributed by atoms with van der Waals surface area (Å²) in [5.74, 6) is -0.400. The molecule has 0 spiro atoms. The summed E-state index contributed by atoms with van der Waals surface area (Å²) in [6.07, 6.45) is -3.06. The third-order valence-corrected chi connectivity index (χ3v) is 4.51. The van der Waals surface area contributed by atoms with Crippen LogP contribution in [-0.4, -0.2) is 42.7 Å². The van der Waals surface area contributed by atoms with Gasteiger partial charge in [0.25, 0.3) is 0 Å². The van der Waals surface area contributed by atoms with Gasteiger partial charge in [-0.2, -0.15) is 18.3 Å². The van der Waals surface area contributed by atoms with Crippen molar-refractivity contribution in [1.29, 1.82) is 0 Å². The number of nitrogens with zero attached hydrogens (tertiary/aromatic N) is 6. The van der Waals surface area contributed by atoms with Crippen molar-refractivity contribution < 1.29 is 22.1 Å². The average Bonchev–Trinajstić information content (AvgIpc) is 3.28. The second kappa shape index (κ2) is 8.27. The number of aromatic nitrogens is 5. The van der Waals surface area contributed by atoms with E-state index in [-0.39, 0.29) is 23.4 Å². The van der Waals surface area contributed by atoms with Crippen molar-refractivity contribution in [3.63, 3.8) is 0 Å². The van der Waals surface area contributed by atoms with E-state index in [0.717, 1.165) is 6.20 Å². The van der Waals surface area contributed by atoms with Gasteiger partial charge in [-0.05, 0) is 40.7 Å². The number of rotatable bonds is 6. The van der Waals surface area contributed by atoms with Crippen LogP contribution in [0.5, 0.6) is 0 Å². The van der Waals surface area contributed by atoms with Gasteiger partial charge in [0, 0.05) is 17.6 Å². The fraction of sp³-hybridized carbons (Fsp3) is 0.500. The van der Waals surface area contributed by atoms with Crippen LogP contribution >= 0.6 is 0 Å². The molecule has 3 heterocycles. The minimum Gasteiger partial charge on any atom is -0.364 e. The highest BCUT2D eigenvalue weighted by molar-refractivity contribution is 5.63. The average molecular weight is 440 g/mol. The van der Waals surface area contributed by atoms with Crippen LogP contribution in [0.1, 0.15) is 41.0 Å². The topological polar surface area (TPSA) is 72.9 Å². The Morgan fingerprint density at radius 1 is 1.16 bits per heavy atom. The van der Waals surface area contributed by atoms with Gasteiger partial charge in [0.1, 0.15) is 17.7 Å². The molecule has 3 aromatic rings. The number of hydrogen-bond acceptors (Lipinski definition) is 6. The van der Waals surface area contributed by atoms with Crippen molar-refractivity contribution in [3.05, 3.63) is 30.4 Å². The molecule has 0 saturated carbocycles. The van der Waals surface area contributed by atoms with Crippen LogP contribution in [0.2, 0.25) is 0 Å². The van der Waals surface area contributed by atoms with Gasteiger partial charge < -0.3 is 9.42 Å². The summed E-state index contributed by atoms with van der Waals surface area (Å²) >= 11 is 0. The highest BCUT2D eigenvalue weighted by Gasteiger charge is 2.30. The number of alkyl halides is 3. The Kier molecular flexibility index (Phi) is 6.06. The van der Waals surface area contributed by atoms with Gasteiger partial charge in [-0.25, -0.2) is 14.4 Å². The van der Waals surface area contributed by atoms with Gasteiger partial charge in [-0.3, -0.25) is 4.68 Å². The summed E-state index contributed by atoms with van der Waals surface area (Å²) in [5.41, 5.74) is 0.415. The molecular formula is C20H24F4N6O. The van der Waals surface area contributed by atoms with Gasteiger partial charge in [0.05, 0.1) is 24.9 Å². The summed E-state index contributed by atoms with van der Waals surface area (Å²) in [7, 11) is 0. The molecule has 0 N–H and O–H groups in total. The Balaban J connectivity index is 2.07. The van der Waals surface area contributed by atoms with Crippen molar-refractivity contribution in [3.8, 4) is 22.9 Å². The number of aryl methyl sites for hydroxylation is 1. The molecule has 0 atom stereocenters. The summed E-state index contributed by atoms with van der Waals surface area (Å²) in [4.78, 5) is 10.2. The first-order valence-electron chi connectivity index (χ1n) is 9.74. The fourth-order valence-corrected chi connectivity index (χ4v) is 3.47. The molecule has 0 radical (unpaired) electrons. The molecule has 0 aliphatic carbocycles. The summed E-state index contributed by atoms with van der Waals surface area (Å²) in [5, 5.41) is 8.03. The molecule has 0 unspecified atom stereocenters. The van der Waals surface area contributed by atoms with E-state index in [4.69, 9.17) is 4.52 Å². The predicted molar refractivity (Wildman–Crippen MR) is 107 cm³/mol. The molecule has 0 saturated heterocycles. The molecule has 0 aromatic carbocycles. The quantitative estimate of drug-likeness (QED) is 0.497. The maximum atomic E-state index is 14.6. The van der Waals surface area contributed by atoms with Crippen molar-refractivity contribution in [2.45, 2.75) is 65.3 Å². The summed E-state index contributed by atoms with van der Waals surface area (Å²) in [6.45, 7) is 9.22. The normalized spacial score (nSPS) is 12.6. The molecule has 0 amide bonds. The summed E-state index contributed by atoms with van der Waals surface area (Å²) in [6, 6.07) is 2.97. The van der Waals surface area contributed by atoms with Gasteiger partial charge in [0.2, 0.25) is 0 Å². The first kappa shape index (κ1) is 22.7. The van der Waals surface area contributed by atoms with Gasteiger partial charge in [0.15, 0.2) is 17.5 Å². The largest absolute Gasteiger partial charge is 0.390 e. The minimum atomic E-state index is -4.35. The lowest BCUT2D eigenvalue weighted by Crippen LogP contribution is -2.47. The molecule has 0 bridgehead atoms. The molecule has 7 nitrogen and oxygen atoms in total. The Hall–Kier alpha value is -2.98. The van der Waals surface area contributed by atoms with Crippen LogP contribution in [0.15, 0.2) is 29.1 Å². The molecule has 168 valence electrons. The number of anilines is 1. The smallest absolute Gasteiger partial charge is 0.364 e. The second-order valence-corrected chi connectivity index (χ2v) is 8.39. The van der Waals surface area contributed by atoms with Crippen molar-refractivity contribution in [1.82, 2.24) is 24.9 Å². The highest BCUT2D eigenvalue weighted by atomic mass is 19.4. The number of halogens is 4. The lowest BCUT2D eigenvalue weighted by molar-refractivity contribution is -0.137. The number of hydrogen-bond donors (Lipinski definition) is 0. The standard InChI is InChI=1S/C20H24F4N6O/c1-12(2)30(19(3,4)5)18-13(21)11-25-17(26-18)15-10-16(14-6-9-31-28-14)29(27-15)8-7-20(22,23)24/h6,9-12H,7-8H2,1-5H3. The SMILES string of the molecule is CC(C)N(c1nc(-c2cc(-c3ccon3)n(CCC(F)(F)F)n2)ncc1F)C(C)(C)C. The summed E-state index contributed by atoms with van der Waals surface area (Å²) < 4.78 is 59.0. The van der Waals surface area contributed by atoms with E-state index in [1.165, 1.54) is 23.1 Å². The zero-order chi connectivity index (χ0) is 23.0. The lowest BCUT2D eigenvalue weighted by atomic mass is 10.0. The maximum Gasteiger partial charge on any atom is 0.390 e. The molecule has 0 aliphatic rings. The van der Waals surface area contributed by atoms with E-state index in [0.29, 0.717) is 11.4 Å². The first-order valence-corrected chi connectivity index (χ1v) is 9.74. The molecule has 11 heteroatoms. The molecule has 31 heavy (non-hydrogen) atoms. The third-order valence-electron chi connectivity index (χ3n) is 4.51. The van der Waals surface area contributed by atoms with E-state index in [9.17, 15) is 17.6 Å². The van der Waals surface area contributed by atoms with Gasteiger partial charge >= 0.3 is 6.18 Å². The minimum absolute atomic E-state index is 0.0627. The van der Waals surface area contributed by atoms with Crippen molar-refractivity contribution >= 4 is 5.82 Å². The maximum absolute atomic E-state index is 14.6. The lowest BCUT2D eigenvalue weighted by Gasteiger charge is -2.40. The molecule has 0 aliphatic heterocycles. The van der Waals surface area contributed by atoms with Gasteiger partial charge in [-0.15, -0.1) is 0 Å². The van der Waals surface area contributed by atoms with E-state index in [1.807, 2.05) is 39.5 Å². The predicted octanol–water partition coefficient (Wildman–Crippen LogP) is 5.10. The highest BCUT2D eigenvalue weighted by Crippen LogP contribution is 2.30. The van der Waals surface area contributed by atoms with Crippen LogP contribution in [0.4, 0.5) is 23.4 Å². The second-order valence-electron chi connectivity index (χ2n) is 8.39. The zero-order valence-corrected chi connectivity index (χ0v) is 17.9. The molecular weight excluding hydrogens is 416 g/mol. The van der Waals surface area contributed by atoms with Crippen molar-refractivity contribution in [2.75, 3.05) is 4.90 Å². The van der Waals surface area contributed by atoms with E-state index >= 15 is 0 Å². The van der Waals surface area contributed by atoms with Gasteiger partial charge in [-0.1, -0.05) is 5.16 Å². The van der Waals surface area contributed by atoms with E-state index < -0.39 is 30.5 Å². The first-order chi connectivity index (χ1) is 14.4. The molecule has 0 fully saturated rings. The molecule has 3 aromatic heterocycles. The fourth-order valence-electron chi connectivity index (χ4n) is 3.47. The van der Waals surface area contributed by atoms with Crippen LogP contribution in [0.3, 0.4) is 0 Å². The Labute approximate surface area is 177 Å². The van der Waals surface area contributed by atoms with Crippen LogP contribution < -0.4 is 4.90 Å².